The van der Waals surface area contributed by atoms with Crippen molar-refractivity contribution >= 4 is 34.8 Å². The second kappa shape index (κ2) is 8.54. The van der Waals surface area contributed by atoms with Crippen LogP contribution in [0.5, 0.6) is 0 Å². The maximum atomic E-state index is 13.0. The Morgan fingerprint density at radius 1 is 1.07 bits per heavy atom. The van der Waals surface area contributed by atoms with Gasteiger partial charge in [-0.25, -0.2) is 0 Å². The summed E-state index contributed by atoms with van der Waals surface area (Å²) in [6.07, 6.45) is 3.49. The van der Waals surface area contributed by atoms with E-state index in [-0.39, 0.29) is 17.9 Å². The largest absolute Gasteiger partial charge is 0.390 e. The molecule has 0 saturated heterocycles. The highest BCUT2D eigenvalue weighted by Gasteiger charge is 2.33. The lowest BCUT2D eigenvalue weighted by Crippen LogP contribution is -2.42. The van der Waals surface area contributed by atoms with Crippen LogP contribution in [-0.2, 0) is 16.2 Å². The summed E-state index contributed by atoms with van der Waals surface area (Å²) in [5.74, 6) is 0.300. The van der Waals surface area contributed by atoms with Crippen LogP contribution in [0.2, 0.25) is 10.0 Å². The van der Waals surface area contributed by atoms with E-state index in [0.717, 1.165) is 36.1 Å². The molecule has 1 aliphatic heterocycles. The van der Waals surface area contributed by atoms with E-state index in [2.05, 4.69) is 5.16 Å². The lowest BCUT2D eigenvalue weighted by molar-refractivity contribution is -0.140. The van der Waals surface area contributed by atoms with E-state index in [1.165, 1.54) is 0 Å². The van der Waals surface area contributed by atoms with Crippen LogP contribution >= 0.6 is 23.2 Å². The number of carbonyl (C=O) groups excluding carboxylic acids is 1. The van der Waals surface area contributed by atoms with Gasteiger partial charge in [0.15, 0.2) is 6.10 Å². The monoisotopic (exact) mass is 416 g/mol. The van der Waals surface area contributed by atoms with Crippen LogP contribution in [0.25, 0.3) is 0 Å². The molecule has 6 heteroatoms. The van der Waals surface area contributed by atoms with Gasteiger partial charge in [0.1, 0.15) is 0 Å². The van der Waals surface area contributed by atoms with Crippen LogP contribution in [0.4, 0.5) is 0 Å². The highest BCUT2D eigenvalue weighted by Crippen LogP contribution is 2.30. The molecule has 2 aliphatic rings. The summed E-state index contributed by atoms with van der Waals surface area (Å²) < 4.78 is 0. The molecule has 4 rings (SSSR count). The van der Waals surface area contributed by atoms with Gasteiger partial charge in [-0.3, -0.25) is 4.79 Å². The average molecular weight is 417 g/mol. The summed E-state index contributed by atoms with van der Waals surface area (Å²) in [6, 6.07) is 15.3. The van der Waals surface area contributed by atoms with E-state index >= 15 is 0 Å². The van der Waals surface area contributed by atoms with Gasteiger partial charge in [0.2, 0.25) is 5.91 Å². The van der Waals surface area contributed by atoms with Crippen molar-refractivity contribution in [1.82, 2.24) is 4.90 Å². The van der Waals surface area contributed by atoms with Gasteiger partial charge in [-0.2, -0.15) is 0 Å². The molecule has 2 aromatic rings. The Morgan fingerprint density at radius 3 is 2.46 bits per heavy atom. The zero-order valence-electron chi connectivity index (χ0n) is 15.5. The van der Waals surface area contributed by atoms with Gasteiger partial charge in [-0.1, -0.05) is 71.2 Å². The minimum absolute atomic E-state index is 0.118. The highest BCUT2D eigenvalue weighted by atomic mass is 35.5. The van der Waals surface area contributed by atoms with Crippen LogP contribution in [0.3, 0.4) is 0 Å². The van der Waals surface area contributed by atoms with Crippen molar-refractivity contribution in [1.29, 1.82) is 0 Å². The minimum atomic E-state index is -0.183. The Bertz CT molecular complexity index is 896. The van der Waals surface area contributed by atoms with Crippen molar-refractivity contribution in [3.63, 3.8) is 0 Å². The molecule has 1 heterocycles. The zero-order valence-corrected chi connectivity index (χ0v) is 17.0. The Hall–Kier alpha value is -2.04. The van der Waals surface area contributed by atoms with E-state index in [4.69, 9.17) is 28.0 Å². The second-order valence-electron chi connectivity index (χ2n) is 7.39. The van der Waals surface area contributed by atoms with Gasteiger partial charge >= 0.3 is 0 Å². The van der Waals surface area contributed by atoms with Crippen molar-refractivity contribution in [3.8, 4) is 0 Å². The highest BCUT2D eigenvalue weighted by molar-refractivity contribution is 6.34. The fourth-order valence-corrected chi connectivity index (χ4v) is 4.04. The van der Waals surface area contributed by atoms with Gasteiger partial charge in [0.25, 0.3) is 0 Å². The summed E-state index contributed by atoms with van der Waals surface area (Å²) in [7, 11) is 0. The summed E-state index contributed by atoms with van der Waals surface area (Å²) in [6.45, 7) is 0.967. The molecule has 2 aromatic carbocycles. The van der Waals surface area contributed by atoms with E-state index in [9.17, 15) is 4.79 Å². The average Bonchev–Trinajstić information content (AvgIpc) is 3.10. The molecule has 0 spiro atoms. The SMILES string of the molecule is O=C(C1CCC1)N(Cc1ccccc1Cl)C[C@@H]1CC(c2ccccc2Cl)=NO1. The predicted molar refractivity (Wildman–Crippen MR) is 112 cm³/mol. The lowest BCUT2D eigenvalue weighted by atomic mass is 9.84. The quantitative estimate of drug-likeness (QED) is 0.639. The maximum absolute atomic E-state index is 13.0. The summed E-state index contributed by atoms with van der Waals surface area (Å²) in [5.41, 5.74) is 2.65. The molecule has 0 unspecified atom stereocenters. The molecule has 1 aliphatic carbocycles. The number of hydrogen-bond donors (Lipinski definition) is 0. The van der Waals surface area contributed by atoms with Gasteiger partial charge in [0, 0.05) is 34.5 Å². The third-order valence-corrected chi connectivity index (χ3v) is 6.13. The lowest BCUT2D eigenvalue weighted by Gasteiger charge is -2.33. The molecule has 28 heavy (non-hydrogen) atoms. The van der Waals surface area contributed by atoms with E-state index in [0.29, 0.717) is 29.6 Å². The predicted octanol–water partition coefficient (Wildman–Crippen LogP) is 5.32. The van der Waals surface area contributed by atoms with Crippen molar-refractivity contribution in [2.75, 3.05) is 6.54 Å². The second-order valence-corrected chi connectivity index (χ2v) is 8.20. The number of amides is 1. The first-order valence-corrected chi connectivity index (χ1v) is 10.4. The Labute approximate surface area is 175 Å². The molecule has 1 saturated carbocycles. The third kappa shape index (κ3) is 4.18. The van der Waals surface area contributed by atoms with E-state index in [1.54, 1.807) is 0 Å². The molecule has 4 nitrogen and oxygen atoms in total. The smallest absolute Gasteiger partial charge is 0.226 e. The van der Waals surface area contributed by atoms with Gasteiger partial charge < -0.3 is 9.74 Å². The minimum Gasteiger partial charge on any atom is -0.390 e. The van der Waals surface area contributed by atoms with Gasteiger partial charge in [-0.05, 0) is 30.5 Å². The first kappa shape index (κ1) is 19.3. The molecule has 1 amide bonds. The van der Waals surface area contributed by atoms with Gasteiger partial charge in [0.05, 0.1) is 12.3 Å². The number of benzene rings is 2. The molecular formula is C22H22Cl2N2O2. The number of halogens is 2. The normalized spacial score (nSPS) is 18.9. The molecule has 0 bridgehead atoms. The topological polar surface area (TPSA) is 41.9 Å². The Morgan fingerprint density at radius 2 is 1.79 bits per heavy atom. The van der Waals surface area contributed by atoms with Crippen molar-refractivity contribution < 1.29 is 9.63 Å². The van der Waals surface area contributed by atoms with Crippen molar-refractivity contribution in [3.05, 3.63) is 69.7 Å². The third-order valence-electron chi connectivity index (χ3n) is 5.43. The zero-order chi connectivity index (χ0) is 19.5. The summed E-state index contributed by atoms with van der Waals surface area (Å²) >= 11 is 12.6. The van der Waals surface area contributed by atoms with Gasteiger partial charge in [-0.15, -0.1) is 0 Å². The molecule has 1 fully saturated rings. The fourth-order valence-electron chi connectivity index (χ4n) is 3.60. The van der Waals surface area contributed by atoms with E-state index in [1.807, 2.05) is 53.4 Å². The number of oxime groups is 1. The van der Waals surface area contributed by atoms with Crippen LogP contribution in [0.15, 0.2) is 53.7 Å². The maximum Gasteiger partial charge on any atom is 0.226 e. The molecule has 0 N–H and O–H groups in total. The molecule has 146 valence electrons. The first-order valence-electron chi connectivity index (χ1n) is 9.61. The number of carbonyl (C=O) groups is 1. The van der Waals surface area contributed by atoms with Crippen LogP contribution in [-0.4, -0.2) is 29.2 Å². The van der Waals surface area contributed by atoms with Crippen molar-refractivity contribution in [2.45, 2.75) is 38.3 Å². The van der Waals surface area contributed by atoms with Crippen LogP contribution in [0.1, 0.15) is 36.8 Å². The Balaban J connectivity index is 1.46. The molecule has 0 aromatic heterocycles. The fraction of sp³-hybridized carbons (Fsp3) is 0.364. The molecule has 0 radical (unpaired) electrons. The standard InChI is InChI=1S/C22H22Cl2N2O2/c23-19-10-3-1-6-16(19)13-26(22(27)15-7-5-8-15)14-17-12-21(25-28-17)18-9-2-4-11-20(18)24/h1-4,6,9-11,15,17H,5,7-8,12-14H2/t17-/m0/s1. The van der Waals surface area contributed by atoms with Crippen LogP contribution in [0, 0.1) is 5.92 Å². The number of nitrogens with zero attached hydrogens (tertiary/aromatic N) is 2. The summed E-state index contributed by atoms with van der Waals surface area (Å²) in [5, 5.41) is 5.56. The first-order chi connectivity index (χ1) is 13.6. The van der Waals surface area contributed by atoms with Crippen molar-refractivity contribution in [2.24, 2.45) is 11.1 Å². The number of rotatable bonds is 6. The van der Waals surface area contributed by atoms with Crippen LogP contribution < -0.4 is 0 Å². The molecule has 1 atom stereocenters. The number of hydrogen-bond acceptors (Lipinski definition) is 3. The Kier molecular flexibility index (Phi) is 5.88. The molecular weight excluding hydrogens is 395 g/mol. The summed E-state index contributed by atoms with van der Waals surface area (Å²) in [4.78, 5) is 20.5. The van der Waals surface area contributed by atoms with E-state index < -0.39 is 0 Å².